The molecule has 1 aromatic carbocycles. The summed E-state index contributed by atoms with van der Waals surface area (Å²) in [5.74, 6) is 1.89. The number of amides is 1. The zero-order valence-electron chi connectivity index (χ0n) is 22.8. The molecule has 2 aromatic rings. The monoisotopic (exact) mass is 556 g/mol. The van der Waals surface area contributed by atoms with Crippen LogP contribution in [0.3, 0.4) is 0 Å². The second-order valence-corrected chi connectivity index (χ2v) is 10.9. The molecule has 1 aromatic heterocycles. The number of piperazine rings is 2. The van der Waals surface area contributed by atoms with Gasteiger partial charge < -0.3 is 29.9 Å². The van der Waals surface area contributed by atoms with E-state index in [0.717, 1.165) is 101 Å². The predicted molar refractivity (Wildman–Crippen MR) is 155 cm³/mol. The van der Waals surface area contributed by atoms with E-state index in [-0.39, 0.29) is 12.5 Å². The minimum atomic E-state index is 0.170. The predicted octanol–water partition coefficient (Wildman–Crippen LogP) is 1.04. The van der Waals surface area contributed by atoms with Crippen molar-refractivity contribution in [3.05, 3.63) is 30.3 Å². The number of hydrogen-bond acceptors (Lipinski definition) is 11. The van der Waals surface area contributed by atoms with Gasteiger partial charge in [0.25, 0.3) is 0 Å². The van der Waals surface area contributed by atoms with Crippen molar-refractivity contribution in [1.29, 1.82) is 0 Å². The summed E-state index contributed by atoms with van der Waals surface area (Å²) in [5, 5.41) is 13.3. The standard InChI is InChI=1S/C27H40N8O3S/c1-39-27-29-24(28-22-2-4-23(5-3-22)33-15-18-38-19-16-33)20-25(30-27)34-10-8-32(9-11-34)21-26(37)35-12-6-31(7-13-35)14-17-36/h2-5,20,36H,6-19,21H2,1H3,(H,28,29,30). The lowest BCUT2D eigenvalue weighted by atomic mass is 10.2. The molecule has 0 saturated carbocycles. The van der Waals surface area contributed by atoms with Gasteiger partial charge in [-0.05, 0) is 30.5 Å². The summed E-state index contributed by atoms with van der Waals surface area (Å²) in [6.45, 7) is 11.1. The van der Waals surface area contributed by atoms with E-state index in [1.807, 2.05) is 17.2 Å². The quantitative estimate of drug-likeness (QED) is 0.342. The molecule has 4 heterocycles. The number of benzene rings is 1. The highest BCUT2D eigenvalue weighted by Gasteiger charge is 2.25. The Hall–Kier alpha value is -2.64. The molecule has 0 aliphatic carbocycles. The molecule has 0 bridgehead atoms. The van der Waals surface area contributed by atoms with Gasteiger partial charge in [0.1, 0.15) is 11.6 Å². The molecule has 0 unspecified atom stereocenters. The number of β-amino-alcohol motifs (C(OH)–C–C–N with tert-alkyl or cyclic N) is 1. The first kappa shape index (κ1) is 27.9. The number of hydrogen-bond donors (Lipinski definition) is 2. The number of aromatic nitrogens is 2. The van der Waals surface area contributed by atoms with Gasteiger partial charge in [0.15, 0.2) is 5.16 Å². The Balaban J connectivity index is 1.14. The summed E-state index contributed by atoms with van der Waals surface area (Å²) in [4.78, 5) is 33.3. The first-order chi connectivity index (χ1) is 19.1. The van der Waals surface area contributed by atoms with E-state index in [4.69, 9.17) is 14.8 Å². The van der Waals surface area contributed by atoms with Crippen LogP contribution in [0.15, 0.2) is 35.5 Å². The number of nitrogens with one attached hydrogen (secondary N) is 1. The number of aliphatic hydroxyl groups is 1. The number of ether oxygens (including phenoxy) is 1. The molecule has 39 heavy (non-hydrogen) atoms. The van der Waals surface area contributed by atoms with Crippen molar-refractivity contribution in [3.63, 3.8) is 0 Å². The van der Waals surface area contributed by atoms with Crippen LogP contribution < -0.4 is 15.1 Å². The first-order valence-corrected chi connectivity index (χ1v) is 15.0. The molecule has 11 nitrogen and oxygen atoms in total. The maximum Gasteiger partial charge on any atom is 0.236 e. The summed E-state index contributed by atoms with van der Waals surface area (Å²) < 4.78 is 5.46. The highest BCUT2D eigenvalue weighted by molar-refractivity contribution is 7.98. The summed E-state index contributed by atoms with van der Waals surface area (Å²) in [6, 6.07) is 10.5. The second kappa shape index (κ2) is 13.6. The third kappa shape index (κ3) is 7.52. The summed E-state index contributed by atoms with van der Waals surface area (Å²) in [5.41, 5.74) is 2.20. The lowest BCUT2D eigenvalue weighted by Gasteiger charge is -2.38. The number of aliphatic hydroxyl groups excluding tert-OH is 1. The molecular weight excluding hydrogens is 516 g/mol. The molecular formula is C27H40N8O3S. The number of morpholine rings is 1. The second-order valence-electron chi connectivity index (χ2n) is 10.1. The molecule has 2 N–H and O–H groups in total. The van der Waals surface area contributed by atoms with Crippen LogP contribution >= 0.6 is 11.8 Å². The van der Waals surface area contributed by atoms with Gasteiger partial charge in [-0.3, -0.25) is 14.6 Å². The van der Waals surface area contributed by atoms with Crippen molar-refractivity contribution < 1.29 is 14.6 Å². The molecule has 0 radical (unpaired) electrons. The lowest BCUT2D eigenvalue weighted by Crippen LogP contribution is -2.54. The van der Waals surface area contributed by atoms with Crippen LogP contribution in [0.4, 0.5) is 23.0 Å². The minimum absolute atomic E-state index is 0.170. The van der Waals surface area contributed by atoms with Crippen molar-refractivity contribution in [1.82, 2.24) is 24.7 Å². The van der Waals surface area contributed by atoms with Gasteiger partial charge in [-0.25, -0.2) is 9.97 Å². The Labute approximate surface area is 235 Å². The average molecular weight is 557 g/mol. The zero-order valence-corrected chi connectivity index (χ0v) is 23.6. The van der Waals surface area contributed by atoms with Crippen molar-refractivity contribution in [2.24, 2.45) is 0 Å². The highest BCUT2D eigenvalue weighted by Crippen LogP contribution is 2.26. The number of rotatable bonds is 9. The van der Waals surface area contributed by atoms with Crippen LogP contribution in [0.5, 0.6) is 0 Å². The van der Waals surface area contributed by atoms with Gasteiger partial charge in [-0.15, -0.1) is 0 Å². The van der Waals surface area contributed by atoms with Crippen LogP contribution in [0.25, 0.3) is 0 Å². The topological polar surface area (TPSA) is 101 Å². The van der Waals surface area contributed by atoms with E-state index in [0.29, 0.717) is 13.1 Å². The van der Waals surface area contributed by atoms with E-state index in [1.54, 1.807) is 0 Å². The molecule has 0 atom stereocenters. The van der Waals surface area contributed by atoms with Gasteiger partial charge in [-0.1, -0.05) is 11.8 Å². The number of nitrogens with zero attached hydrogens (tertiary/aromatic N) is 7. The molecule has 3 fully saturated rings. The summed E-state index contributed by atoms with van der Waals surface area (Å²) >= 11 is 1.54. The fourth-order valence-electron chi connectivity index (χ4n) is 5.24. The van der Waals surface area contributed by atoms with Gasteiger partial charge in [0.05, 0.1) is 26.4 Å². The average Bonchev–Trinajstić information content (AvgIpc) is 2.99. The van der Waals surface area contributed by atoms with Gasteiger partial charge in [0, 0.05) is 89.4 Å². The summed E-state index contributed by atoms with van der Waals surface area (Å²) in [7, 11) is 0. The van der Waals surface area contributed by atoms with E-state index < -0.39 is 0 Å². The SMILES string of the molecule is CSc1nc(Nc2ccc(N3CCOCC3)cc2)cc(N2CCN(CC(=O)N3CCN(CCO)CC3)CC2)n1. The minimum Gasteiger partial charge on any atom is -0.395 e. The first-order valence-electron chi connectivity index (χ1n) is 13.8. The molecule has 3 aliphatic heterocycles. The normalized spacial score (nSPS) is 19.4. The fraction of sp³-hybridized carbons (Fsp3) is 0.593. The van der Waals surface area contributed by atoms with Gasteiger partial charge in [0.2, 0.25) is 5.91 Å². The molecule has 1 amide bonds. The maximum atomic E-state index is 12.9. The molecule has 0 spiro atoms. The molecule has 12 heteroatoms. The Morgan fingerprint density at radius 3 is 2.28 bits per heavy atom. The largest absolute Gasteiger partial charge is 0.395 e. The molecule has 5 rings (SSSR count). The molecule has 212 valence electrons. The Kier molecular flexibility index (Phi) is 9.75. The van der Waals surface area contributed by atoms with Crippen molar-refractivity contribution in [3.8, 4) is 0 Å². The van der Waals surface area contributed by atoms with E-state index in [9.17, 15) is 4.79 Å². The maximum absolute atomic E-state index is 12.9. The van der Waals surface area contributed by atoms with Crippen LogP contribution in [0.2, 0.25) is 0 Å². The number of anilines is 4. The third-order valence-electron chi connectivity index (χ3n) is 7.59. The highest BCUT2D eigenvalue weighted by atomic mass is 32.2. The molecule has 3 aliphatic rings. The summed E-state index contributed by atoms with van der Waals surface area (Å²) in [6.07, 6.45) is 1.99. The van der Waals surface area contributed by atoms with Crippen LogP contribution in [0, 0.1) is 0 Å². The van der Waals surface area contributed by atoms with Gasteiger partial charge >= 0.3 is 0 Å². The number of carbonyl (C=O) groups excluding carboxylic acids is 1. The third-order valence-corrected chi connectivity index (χ3v) is 8.13. The zero-order chi connectivity index (χ0) is 27.0. The Morgan fingerprint density at radius 2 is 1.62 bits per heavy atom. The van der Waals surface area contributed by atoms with E-state index in [2.05, 4.69) is 54.2 Å². The number of carbonyl (C=O) groups is 1. The van der Waals surface area contributed by atoms with Crippen molar-refractivity contribution in [2.75, 3.05) is 120 Å². The molecule has 3 saturated heterocycles. The number of thioether (sulfide) groups is 1. The Morgan fingerprint density at radius 1 is 0.923 bits per heavy atom. The van der Waals surface area contributed by atoms with Crippen LogP contribution in [-0.4, -0.2) is 140 Å². The van der Waals surface area contributed by atoms with Gasteiger partial charge in [-0.2, -0.15) is 0 Å². The lowest BCUT2D eigenvalue weighted by molar-refractivity contribution is -0.134. The van der Waals surface area contributed by atoms with Crippen molar-refractivity contribution >= 4 is 40.7 Å². The van der Waals surface area contributed by atoms with E-state index >= 15 is 0 Å². The Bertz CT molecular complexity index is 1070. The van der Waals surface area contributed by atoms with Crippen LogP contribution in [-0.2, 0) is 9.53 Å². The van der Waals surface area contributed by atoms with E-state index in [1.165, 1.54) is 17.4 Å². The smallest absolute Gasteiger partial charge is 0.236 e. The van der Waals surface area contributed by atoms with Crippen molar-refractivity contribution in [2.45, 2.75) is 5.16 Å². The fourth-order valence-corrected chi connectivity index (χ4v) is 5.62. The van der Waals surface area contributed by atoms with Crippen LogP contribution in [0.1, 0.15) is 0 Å².